The van der Waals surface area contributed by atoms with Gasteiger partial charge in [-0.1, -0.05) is 13.8 Å². The molecule has 0 N–H and O–H groups in total. The van der Waals surface area contributed by atoms with Gasteiger partial charge >= 0.3 is 0 Å². The maximum absolute atomic E-state index is 2.81. The fraction of sp³-hybridized carbons (Fsp3) is 1.00. The van der Waals surface area contributed by atoms with Crippen LogP contribution in [-0.2, 0) is 0 Å². The molecule has 2 aliphatic rings. The second kappa shape index (κ2) is 3.84. The lowest BCUT2D eigenvalue weighted by Gasteiger charge is -2.44. The summed E-state index contributed by atoms with van der Waals surface area (Å²) in [5.74, 6) is 1.84. The number of hydrogen-bond acceptors (Lipinski definition) is 1. The normalized spacial score (nSPS) is 38.6. The van der Waals surface area contributed by atoms with E-state index in [1.165, 1.54) is 25.7 Å². The lowest BCUT2D eigenvalue weighted by atomic mass is 9.81. The predicted molar refractivity (Wildman–Crippen MR) is 61.3 cm³/mol. The lowest BCUT2D eigenvalue weighted by molar-refractivity contribution is 0.0429. The van der Waals surface area contributed by atoms with Gasteiger partial charge < -0.3 is 0 Å². The van der Waals surface area contributed by atoms with Gasteiger partial charge in [-0.15, -0.1) is 0 Å². The SMILES string of the molecule is CC(C)[C@@H]1CCC2CCC1N2C(C)C. The van der Waals surface area contributed by atoms with Gasteiger partial charge in [-0.05, 0) is 51.4 Å². The Hall–Kier alpha value is -0.0400. The Morgan fingerprint density at radius 2 is 1.57 bits per heavy atom. The third kappa shape index (κ3) is 1.60. The summed E-state index contributed by atoms with van der Waals surface area (Å²) in [6.45, 7) is 9.55. The number of hydrogen-bond donors (Lipinski definition) is 0. The van der Waals surface area contributed by atoms with Gasteiger partial charge in [-0.2, -0.15) is 0 Å². The average molecular weight is 195 g/mol. The minimum atomic E-state index is 0.758. The van der Waals surface area contributed by atoms with E-state index in [1.807, 2.05) is 0 Å². The standard InChI is InChI=1S/C13H25N/c1-9(2)12-7-5-11-6-8-13(12)14(11)10(3)4/h9-13H,5-8H2,1-4H3/t11?,12-,13?/m0/s1. The zero-order chi connectivity index (χ0) is 10.3. The third-order valence-electron chi connectivity index (χ3n) is 4.38. The third-order valence-corrected chi connectivity index (χ3v) is 4.38. The fourth-order valence-electron chi connectivity index (χ4n) is 3.82. The Morgan fingerprint density at radius 1 is 0.929 bits per heavy atom. The molecular weight excluding hydrogens is 170 g/mol. The van der Waals surface area contributed by atoms with Crippen molar-refractivity contribution in [2.75, 3.05) is 0 Å². The van der Waals surface area contributed by atoms with Crippen LogP contribution < -0.4 is 0 Å². The van der Waals surface area contributed by atoms with Crippen LogP contribution in [0, 0.1) is 11.8 Å². The lowest BCUT2D eigenvalue weighted by Crippen LogP contribution is -2.49. The summed E-state index contributed by atoms with van der Waals surface area (Å²) in [7, 11) is 0. The van der Waals surface area contributed by atoms with Crippen LogP contribution in [0.5, 0.6) is 0 Å². The minimum absolute atomic E-state index is 0.758. The molecule has 2 heterocycles. The van der Waals surface area contributed by atoms with Gasteiger partial charge in [0.1, 0.15) is 0 Å². The molecule has 2 fully saturated rings. The molecule has 0 aromatic heterocycles. The van der Waals surface area contributed by atoms with E-state index >= 15 is 0 Å². The molecule has 2 aliphatic heterocycles. The molecular formula is C13H25N. The maximum atomic E-state index is 2.81. The highest BCUT2D eigenvalue weighted by atomic mass is 15.2. The molecule has 0 aromatic rings. The van der Waals surface area contributed by atoms with Crippen molar-refractivity contribution in [1.82, 2.24) is 4.90 Å². The Bertz CT molecular complexity index is 197. The Morgan fingerprint density at radius 3 is 2.14 bits per heavy atom. The summed E-state index contributed by atoms with van der Waals surface area (Å²) in [6, 6.07) is 2.60. The average Bonchev–Trinajstić information content (AvgIpc) is 2.40. The molecule has 2 rings (SSSR count). The summed E-state index contributed by atoms with van der Waals surface area (Å²) < 4.78 is 0. The first kappa shape index (κ1) is 10.5. The fourth-order valence-corrected chi connectivity index (χ4v) is 3.82. The monoisotopic (exact) mass is 195 g/mol. The van der Waals surface area contributed by atoms with Crippen LogP contribution >= 0.6 is 0 Å². The van der Waals surface area contributed by atoms with Gasteiger partial charge in [0.25, 0.3) is 0 Å². The van der Waals surface area contributed by atoms with Crippen LogP contribution in [0.25, 0.3) is 0 Å². The molecule has 2 bridgehead atoms. The van der Waals surface area contributed by atoms with E-state index in [0.29, 0.717) is 0 Å². The maximum Gasteiger partial charge on any atom is 0.0132 e. The number of rotatable bonds is 2. The second-order valence-electron chi connectivity index (χ2n) is 5.82. The molecule has 1 heteroatoms. The predicted octanol–water partition coefficient (Wildman–Crippen LogP) is 3.29. The van der Waals surface area contributed by atoms with E-state index < -0.39 is 0 Å². The number of fused-ring (bicyclic) bond motifs is 2. The molecule has 82 valence electrons. The van der Waals surface area contributed by atoms with E-state index in [2.05, 4.69) is 32.6 Å². The molecule has 3 atom stereocenters. The van der Waals surface area contributed by atoms with E-state index in [9.17, 15) is 0 Å². The Kier molecular flexibility index (Phi) is 2.88. The van der Waals surface area contributed by atoms with Crippen molar-refractivity contribution < 1.29 is 0 Å². The molecule has 0 spiro atoms. The van der Waals surface area contributed by atoms with Crippen LogP contribution in [0.15, 0.2) is 0 Å². The first-order chi connectivity index (χ1) is 6.61. The van der Waals surface area contributed by atoms with E-state index in [-0.39, 0.29) is 0 Å². The molecule has 1 nitrogen and oxygen atoms in total. The van der Waals surface area contributed by atoms with Crippen molar-refractivity contribution in [2.24, 2.45) is 11.8 Å². The zero-order valence-electron chi connectivity index (χ0n) is 10.2. The Labute approximate surface area is 88.9 Å². The molecule has 0 aromatic carbocycles. The van der Waals surface area contributed by atoms with Crippen molar-refractivity contribution in [3.05, 3.63) is 0 Å². The van der Waals surface area contributed by atoms with Crippen molar-refractivity contribution in [3.63, 3.8) is 0 Å². The van der Waals surface area contributed by atoms with Crippen molar-refractivity contribution in [1.29, 1.82) is 0 Å². The molecule has 0 saturated carbocycles. The largest absolute Gasteiger partial charge is 0.295 e. The first-order valence-electron chi connectivity index (χ1n) is 6.38. The summed E-state index contributed by atoms with van der Waals surface area (Å²) in [5, 5.41) is 0. The quantitative estimate of drug-likeness (QED) is 0.653. The van der Waals surface area contributed by atoms with Crippen LogP contribution in [0.4, 0.5) is 0 Å². The molecule has 0 aliphatic carbocycles. The van der Waals surface area contributed by atoms with E-state index in [0.717, 1.165) is 30.0 Å². The molecule has 0 radical (unpaired) electrons. The summed E-state index contributed by atoms with van der Waals surface area (Å²) in [4.78, 5) is 2.81. The van der Waals surface area contributed by atoms with Crippen LogP contribution in [-0.4, -0.2) is 23.0 Å². The van der Waals surface area contributed by atoms with Crippen LogP contribution in [0.1, 0.15) is 53.4 Å². The number of piperidine rings is 1. The van der Waals surface area contributed by atoms with Gasteiger partial charge in [0.05, 0.1) is 0 Å². The summed E-state index contributed by atoms with van der Waals surface area (Å²) in [5.41, 5.74) is 0. The van der Waals surface area contributed by atoms with Crippen LogP contribution in [0.3, 0.4) is 0 Å². The van der Waals surface area contributed by atoms with Crippen molar-refractivity contribution in [3.8, 4) is 0 Å². The summed E-state index contributed by atoms with van der Waals surface area (Å²) >= 11 is 0. The summed E-state index contributed by atoms with van der Waals surface area (Å²) in [6.07, 6.45) is 5.87. The van der Waals surface area contributed by atoms with E-state index in [4.69, 9.17) is 0 Å². The second-order valence-corrected chi connectivity index (χ2v) is 5.82. The van der Waals surface area contributed by atoms with Gasteiger partial charge in [-0.25, -0.2) is 0 Å². The highest BCUT2D eigenvalue weighted by Gasteiger charge is 2.43. The highest BCUT2D eigenvalue weighted by Crippen LogP contribution is 2.42. The number of nitrogens with zero attached hydrogens (tertiary/aromatic N) is 1. The Balaban J connectivity index is 2.13. The van der Waals surface area contributed by atoms with Gasteiger partial charge in [-0.3, -0.25) is 4.90 Å². The van der Waals surface area contributed by atoms with Crippen molar-refractivity contribution >= 4 is 0 Å². The van der Waals surface area contributed by atoms with Crippen molar-refractivity contribution in [2.45, 2.75) is 71.5 Å². The van der Waals surface area contributed by atoms with Gasteiger partial charge in [0, 0.05) is 18.1 Å². The van der Waals surface area contributed by atoms with Crippen LogP contribution in [0.2, 0.25) is 0 Å². The molecule has 14 heavy (non-hydrogen) atoms. The zero-order valence-corrected chi connectivity index (χ0v) is 10.2. The highest BCUT2D eigenvalue weighted by molar-refractivity contribution is 4.98. The minimum Gasteiger partial charge on any atom is -0.295 e. The van der Waals surface area contributed by atoms with E-state index in [1.54, 1.807) is 0 Å². The molecule has 2 saturated heterocycles. The first-order valence-corrected chi connectivity index (χ1v) is 6.38. The van der Waals surface area contributed by atoms with Gasteiger partial charge in [0.2, 0.25) is 0 Å². The van der Waals surface area contributed by atoms with Gasteiger partial charge in [0.15, 0.2) is 0 Å². The molecule has 0 amide bonds. The topological polar surface area (TPSA) is 3.24 Å². The molecule has 2 unspecified atom stereocenters. The smallest absolute Gasteiger partial charge is 0.0132 e.